The predicted molar refractivity (Wildman–Crippen MR) is 76.5 cm³/mol. The molecule has 0 aromatic rings. The van der Waals surface area contributed by atoms with Crippen LogP contribution in [-0.4, -0.2) is 18.9 Å². The molecule has 0 aliphatic heterocycles. The molecule has 0 heterocycles. The second-order valence-electron chi connectivity index (χ2n) is 5.80. The summed E-state index contributed by atoms with van der Waals surface area (Å²) in [6, 6.07) is 0. The van der Waals surface area contributed by atoms with Crippen molar-refractivity contribution in [3.8, 4) is 0 Å². The minimum Gasteiger partial charge on any atom is -0.370 e. The van der Waals surface area contributed by atoms with Gasteiger partial charge in [0.15, 0.2) is 0 Å². The molecule has 1 aliphatic rings. The van der Waals surface area contributed by atoms with Crippen molar-refractivity contribution in [1.82, 2.24) is 5.32 Å². The molecule has 0 saturated heterocycles. The van der Waals surface area contributed by atoms with Crippen LogP contribution in [0.4, 0.5) is 0 Å². The summed E-state index contributed by atoms with van der Waals surface area (Å²) in [4.78, 5) is 22.8. The van der Waals surface area contributed by atoms with Crippen LogP contribution < -0.4 is 11.1 Å². The van der Waals surface area contributed by atoms with E-state index >= 15 is 0 Å². The molecule has 4 nitrogen and oxygen atoms in total. The Morgan fingerprint density at radius 3 is 2.26 bits per heavy atom. The van der Waals surface area contributed by atoms with Crippen molar-refractivity contribution in [1.29, 1.82) is 0 Å². The number of hydrogen-bond acceptors (Lipinski definition) is 2. The van der Waals surface area contributed by atoms with Crippen molar-refractivity contribution in [2.45, 2.75) is 70.6 Å². The fourth-order valence-corrected chi connectivity index (χ4v) is 3.20. The fraction of sp³-hybridized carbons (Fsp3) is 0.867. The standard InChI is InChI=1S/C15H28N2O2/c1-17-14(19)15(11-7-4-8-12-15)10-6-3-2-5-9-13(16)18/h2-12H2,1H3,(H2,16,18)(H,17,19). The van der Waals surface area contributed by atoms with Crippen LogP contribution in [-0.2, 0) is 9.59 Å². The van der Waals surface area contributed by atoms with E-state index in [1.54, 1.807) is 7.05 Å². The zero-order chi connectivity index (χ0) is 14.1. The van der Waals surface area contributed by atoms with Crippen LogP contribution in [0.2, 0.25) is 0 Å². The van der Waals surface area contributed by atoms with Crippen molar-refractivity contribution in [2.24, 2.45) is 11.1 Å². The molecule has 0 spiro atoms. The van der Waals surface area contributed by atoms with E-state index in [4.69, 9.17) is 5.73 Å². The summed E-state index contributed by atoms with van der Waals surface area (Å²) in [5.74, 6) is 0.0125. The number of rotatable bonds is 8. The summed E-state index contributed by atoms with van der Waals surface area (Å²) in [6.45, 7) is 0. The first kappa shape index (κ1) is 16.0. The molecule has 3 N–H and O–H groups in total. The Hall–Kier alpha value is -1.06. The molecule has 110 valence electrons. The quantitative estimate of drug-likeness (QED) is 0.664. The Balaban J connectivity index is 2.29. The second kappa shape index (κ2) is 8.18. The average molecular weight is 268 g/mol. The Morgan fingerprint density at radius 2 is 1.68 bits per heavy atom. The van der Waals surface area contributed by atoms with Crippen molar-refractivity contribution in [3.05, 3.63) is 0 Å². The molecule has 1 aliphatic carbocycles. The number of amides is 2. The van der Waals surface area contributed by atoms with E-state index in [1.807, 2.05) is 0 Å². The minimum absolute atomic E-state index is 0.114. The molecule has 0 radical (unpaired) electrons. The normalized spacial score (nSPS) is 17.9. The van der Waals surface area contributed by atoms with Gasteiger partial charge in [0, 0.05) is 18.9 Å². The maximum atomic E-state index is 12.1. The second-order valence-corrected chi connectivity index (χ2v) is 5.80. The third-order valence-corrected chi connectivity index (χ3v) is 4.35. The molecule has 4 heteroatoms. The van der Waals surface area contributed by atoms with Crippen LogP contribution in [0.1, 0.15) is 70.6 Å². The Bertz CT molecular complexity index is 297. The molecule has 19 heavy (non-hydrogen) atoms. The van der Waals surface area contributed by atoms with Gasteiger partial charge in [-0.2, -0.15) is 0 Å². The van der Waals surface area contributed by atoms with Gasteiger partial charge in [0.05, 0.1) is 0 Å². The van der Waals surface area contributed by atoms with E-state index < -0.39 is 0 Å². The lowest BCUT2D eigenvalue weighted by Crippen LogP contribution is -2.40. The SMILES string of the molecule is CNC(=O)C1(CCCCCCC(N)=O)CCCCC1. The Kier molecular flexibility index (Phi) is 6.89. The van der Waals surface area contributed by atoms with E-state index in [0.29, 0.717) is 6.42 Å². The third-order valence-electron chi connectivity index (χ3n) is 4.35. The highest BCUT2D eigenvalue weighted by molar-refractivity contribution is 5.82. The van der Waals surface area contributed by atoms with Crippen LogP contribution in [0.15, 0.2) is 0 Å². The van der Waals surface area contributed by atoms with Crippen LogP contribution in [0.5, 0.6) is 0 Å². The van der Waals surface area contributed by atoms with E-state index in [-0.39, 0.29) is 17.2 Å². The molecule has 0 atom stereocenters. The van der Waals surface area contributed by atoms with Gasteiger partial charge in [0.2, 0.25) is 11.8 Å². The summed E-state index contributed by atoms with van der Waals surface area (Å²) in [7, 11) is 1.74. The molecule has 1 fully saturated rings. The third kappa shape index (κ3) is 5.21. The smallest absolute Gasteiger partial charge is 0.225 e. The first-order chi connectivity index (χ1) is 9.10. The summed E-state index contributed by atoms with van der Waals surface area (Å²) in [5, 5.41) is 2.84. The summed E-state index contributed by atoms with van der Waals surface area (Å²) in [6.07, 6.45) is 11.2. The molecule has 1 rings (SSSR count). The van der Waals surface area contributed by atoms with Gasteiger partial charge in [-0.15, -0.1) is 0 Å². The number of carbonyl (C=O) groups excluding carboxylic acids is 2. The summed E-state index contributed by atoms with van der Waals surface area (Å²) >= 11 is 0. The molecule has 0 aromatic carbocycles. The molecule has 1 saturated carbocycles. The minimum atomic E-state index is -0.214. The maximum absolute atomic E-state index is 12.1. The zero-order valence-electron chi connectivity index (χ0n) is 12.2. The molecular weight excluding hydrogens is 240 g/mol. The van der Waals surface area contributed by atoms with E-state index in [0.717, 1.165) is 44.9 Å². The predicted octanol–water partition coefficient (Wildman–Crippen LogP) is 2.51. The van der Waals surface area contributed by atoms with Crippen molar-refractivity contribution >= 4 is 11.8 Å². The van der Waals surface area contributed by atoms with Crippen molar-refractivity contribution in [2.75, 3.05) is 7.05 Å². The number of primary amides is 1. The van der Waals surface area contributed by atoms with Crippen molar-refractivity contribution < 1.29 is 9.59 Å². The molecular formula is C15H28N2O2. The van der Waals surface area contributed by atoms with Gasteiger partial charge in [0.25, 0.3) is 0 Å². The van der Waals surface area contributed by atoms with Gasteiger partial charge < -0.3 is 11.1 Å². The molecule has 0 bridgehead atoms. The highest BCUT2D eigenvalue weighted by Crippen LogP contribution is 2.40. The number of carbonyl (C=O) groups is 2. The Morgan fingerprint density at radius 1 is 1.05 bits per heavy atom. The van der Waals surface area contributed by atoms with Gasteiger partial charge >= 0.3 is 0 Å². The van der Waals surface area contributed by atoms with Crippen LogP contribution in [0, 0.1) is 5.41 Å². The Labute approximate surface area is 116 Å². The highest BCUT2D eigenvalue weighted by Gasteiger charge is 2.37. The van der Waals surface area contributed by atoms with Crippen molar-refractivity contribution in [3.63, 3.8) is 0 Å². The summed E-state index contributed by atoms with van der Waals surface area (Å²) in [5.41, 5.74) is 5.00. The molecule has 2 amide bonds. The fourth-order valence-electron chi connectivity index (χ4n) is 3.20. The lowest BCUT2D eigenvalue weighted by molar-refractivity contribution is -0.133. The van der Waals surface area contributed by atoms with Crippen LogP contribution in [0.25, 0.3) is 0 Å². The van der Waals surface area contributed by atoms with Gasteiger partial charge in [-0.05, 0) is 25.7 Å². The number of nitrogens with one attached hydrogen (secondary N) is 1. The van der Waals surface area contributed by atoms with Gasteiger partial charge in [0.1, 0.15) is 0 Å². The highest BCUT2D eigenvalue weighted by atomic mass is 16.2. The largest absolute Gasteiger partial charge is 0.370 e. The van der Waals surface area contributed by atoms with Crippen LogP contribution >= 0.6 is 0 Å². The lowest BCUT2D eigenvalue weighted by Gasteiger charge is -2.35. The first-order valence-electron chi connectivity index (χ1n) is 7.61. The molecule has 0 aromatic heterocycles. The number of unbranched alkanes of at least 4 members (excludes halogenated alkanes) is 3. The van der Waals surface area contributed by atoms with Crippen LogP contribution in [0.3, 0.4) is 0 Å². The first-order valence-corrected chi connectivity index (χ1v) is 7.61. The topological polar surface area (TPSA) is 72.2 Å². The summed E-state index contributed by atoms with van der Waals surface area (Å²) < 4.78 is 0. The van der Waals surface area contributed by atoms with Gasteiger partial charge in [-0.25, -0.2) is 0 Å². The number of nitrogens with two attached hydrogens (primary N) is 1. The zero-order valence-corrected chi connectivity index (χ0v) is 12.2. The van der Waals surface area contributed by atoms with E-state index in [1.165, 1.54) is 19.3 Å². The van der Waals surface area contributed by atoms with E-state index in [2.05, 4.69) is 5.32 Å². The molecule has 0 unspecified atom stereocenters. The maximum Gasteiger partial charge on any atom is 0.225 e. The van der Waals surface area contributed by atoms with Gasteiger partial charge in [-0.1, -0.05) is 38.5 Å². The van der Waals surface area contributed by atoms with Gasteiger partial charge in [-0.3, -0.25) is 9.59 Å². The average Bonchev–Trinajstić information content (AvgIpc) is 2.42. The number of hydrogen-bond donors (Lipinski definition) is 2. The lowest BCUT2D eigenvalue weighted by atomic mass is 9.70. The monoisotopic (exact) mass is 268 g/mol. The van der Waals surface area contributed by atoms with E-state index in [9.17, 15) is 9.59 Å².